The Labute approximate surface area is 110 Å². The van der Waals surface area contributed by atoms with Gasteiger partial charge >= 0.3 is 17.9 Å². The minimum absolute atomic E-state index is 0.219. The van der Waals surface area contributed by atoms with Crippen molar-refractivity contribution in [3.63, 3.8) is 0 Å². The smallest absolute Gasteiger partial charge is 0.336 e. The number of carbonyl (C=O) groups is 3. The Morgan fingerprint density at radius 2 is 1.68 bits per heavy atom. The maximum absolute atomic E-state index is 11.6. The topological polar surface area (TPSA) is 110 Å². The summed E-state index contributed by atoms with van der Waals surface area (Å²) in [5.74, 6) is -3.37. The Bertz CT molecular complexity index is 359. The fourth-order valence-electron chi connectivity index (χ4n) is 2.00. The number of hydrogen-bond donors (Lipinski definition) is 2. The largest absolute Gasteiger partial charge is 0.479 e. The zero-order chi connectivity index (χ0) is 14.5. The van der Waals surface area contributed by atoms with Gasteiger partial charge in [-0.15, -0.1) is 0 Å². The van der Waals surface area contributed by atoms with E-state index in [2.05, 4.69) is 4.74 Å². The maximum atomic E-state index is 11.6. The Balaban J connectivity index is 2.58. The Morgan fingerprint density at radius 1 is 1.16 bits per heavy atom. The molecular weight excluding hydrogens is 256 g/mol. The van der Waals surface area contributed by atoms with E-state index in [1.54, 1.807) is 0 Å². The number of aliphatic carboxylic acids is 1. The third-order valence-corrected chi connectivity index (χ3v) is 3.10. The van der Waals surface area contributed by atoms with E-state index in [9.17, 15) is 19.5 Å². The molecule has 0 bridgehead atoms. The molecule has 0 aromatic carbocycles. The molecule has 1 unspecified atom stereocenters. The lowest BCUT2D eigenvalue weighted by molar-refractivity contribution is -0.174. The molecule has 7 nitrogen and oxygen atoms in total. The van der Waals surface area contributed by atoms with Gasteiger partial charge in [-0.05, 0) is 25.7 Å². The third kappa shape index (κ3) is 4.51. The monoisotopic (exact) mass is 274 g/mol. The summed E-state index contributed by atoms with van der Waals surface area (Å²) in [5, 5.41) is 18.8. The Hall–Kier alpha value is -1.63. The normalized spacial score (nSPS) is 18.6. The second kappa shape index (κ2) is 6.51. The van der Waals surface area contributed by atoms with Crippen molar-refractivity contribution < 1.29 is 34.1 Å². The van der Waals surface area contributed by atoms with E-state index >= 15 is 0 Å². The molecule has 0 aromatic rings. The molecule has 0 radical (unpaired) electrons. The third-order valence-electron chi connectivity index (χ3n) is 3.10. The number of ether oxygens (including phenoxy) is 2. The molecule has 2 N–H and O–H groups in total. The molecule has 1 saturated carbocycles. The van der Waals surface area contributed by atoms with E-state index in [4.69, 9.17) is 9.84 Å². The molecule has 19 heavy (non-hydrogen) atoms. The molecule has 0 amide bonds. The second-order valence-corrected chi connectivity index (χ2v) is 4.66. The standard InChI is InChI=1S/C12H18O7/c1-18-9(13)6-12(17,11(15)16)7-10(14)19-8-4-2-3-5-8/h8,17H,2-7H2,1H3,(H,15,16). The first kappa shape index (κ1) is 15.4. The average Bonchev–Trinajstić information content (AvgIpc) is 2.80. The summed E-state index contributed by atoms with van der Waals surface area (Å²) in [7, 11) is 1.07. The lowest BCUT2D eigenvalue weighted by Crippen LogP contribution is -2.43. The molecule has 0 spiro atoms. The van der Waals surface area contributed by atoms with Crippen LogP contribution in [0.15, 0.2) is 0 Å². The van der Waals surface area contributed by atoms with Crippen LogP contribution in [0.25, 0.3) is 0 Å². The number of methoxy groups -OCH3 is 1. The summed E-state index contributed by atoms with van der Waals surface area (Å²) in [6, 6.07) is 0. The van der Waals surface area contributed by atoms with Gasteiger partial charge in [0.15, 0.2) is 5.60 Å². The zero-order valence-corrected chi connectivity index (χ0v) is 10.8. The highest BCUT2D eigenvalue weighted by Gasteiger charge is 2.42. The SMILES string of the molecule is COC(=O)CC(O)(CC(=O)OC1CCCC1)C(=O)O. The van der Waals surface area contributed by atoms with Crippen LogP contribution in [0, 0.1) is 0 Å². The average molecular weight is 274 g/mol. The van der Waals surface area contributed by atoms with Crippen LogP contribution >= 0.6 is 0 Å². The van der Waals surface area contributed by atoms with Crippen LogP contribution in [0.5, 0.6) is 0 Å². The fraction of sp³-hybridized carbons (Fsp3) is 0.750. The number of carboxylic acid groups (broad SMARTS) is 1. The van der Waals surface area contributed by atoms with Crippen molar-refractivity contribution in [2.24, 2.45) is 0 Å². The van der Waals surface area contributed by atoms with E-state index < -0.39 is 36.4 Å². The molecule has 0 heterocycles. The number of rotatable bonds is 6. The van der Waals surface area contributed by atoms with Crippen LogP contribution in [-0.4, -0.2) is 46.9 Å². The number of carboxylic acids is 1. The quantitative estimate of drug-likeness (QED) is 0.667. The molecule has 0 aromatic heterocycles. The van der Waals surface area contributed by atoms with Crippen LogP contribution in [0.2, 0.25) is 0 Å². The highest BCUT2D eigenvalue weighted by Crippen LogP contribution is 2.23. The van der Waals surface area contributed by atoms with Crippen molar-refractivity contribution in [2.75, 3.05) is 7.11 Å². The predicted octanol–water partition coefficient (Wildman–Crippen LogP) is 0.241. The molecule has 7 heteroatoms. The summed E-state index contributed by atoms with van der Waals surface area (Å²) < 4.78 is 9.35. The van der Waals surface area contributed by atoms with Crippen molar-refractivity contribution in [1.82, 2.24) is 0 Å². The van der Waals surface area contributed by atoms with E-state index in [0.29, 0.717) is 0 Å². The van der Waals surface area contributed by atoms with Crippen molar-refractivity contribution in [2.45, 2.75) is 50.2 Å². The van der Waals surface area contributed by atoms with Crippen LogP contribution < -0.4 is 0 Å². The molecule has 0 saturated heterocycles. The summed E-state index contributed by atoms with van der Waals surface area (Å²) >= 11 is 0. The molecule has 1 aliphatic carbocycles. The van der Waals surface area contributed by atoms with Gasteiger partial charge < -0.3 is 19.7 Å². The summed E-state index contributed by atoms with van der Waals surface area (Å²) in [6.45, 7) is 0. The minimum atomic E-state index is -2.48. The summed E-state index contributed by atoms with van der Waals surface area (Å²) in [6.07, 6.45) is 1.63. The van der Waals surface area contributed by atoms with E-state index in [1.807, 2.05) is 0 Å². The van der Waals surface area contributed by atoms with Crippen molar-refractivity contribution >= 4 is 17.9 Å². The molecule has 1 fully saturated rings. The van der Waals surface area contributed by atoms with Crippen LogP contribution in [0.4, 0.5) is 0 Å². The van der Waals surface area contributed by atoms with Gasteiger partial charge in [-0.3, -0.25) is 9.59 Å². The first-order chi connectivity index (χ1) is 8.87. The Kier molecular flexibility index (Phi) is 5.29. The number of esters is 2. The van der Waals surface area contributed by atoms with Gasteiger partial charge in [-0.1, -0.05) is 0 Å². The second-order valence-electron chi connectivity index (χ2n) is 4.66. The van der Waals surface area contributed by atoms with Crippen LogP contribution in [0.1, 0.15) is 38.5 Å². The fourth-order valence-corrected chi connectivity index (χ4v) is 2.00. The van der Waals surface area contributed by atoms with Gasteiger partial charge in [0.05, 0.1) is 20.0 Å². The van der Waals surface area contributed by atoms with Gasteiger partial charge in [0.2, 0.25) is 0 Å². The number of hydrogen-bond acceptors (Lipinski definition) is 6. The van der Waals surface area contributed by atoms with Crippen LogP contribution in [0.3, 0.4) is 0 Å². The van der Waals surface area contributed by atoms with Crippen molar-refractivity contribution in [3.8, 4) is 0 Å². The van der Waals surface area contributed by atoms with Gasteiger partial charge in [0.25, 0.3) is 0 Å². The molecule has 1 atom stereocenters. The summed E-state index contributed by atoms with van der Waals surface area (Å²) in [4.78, 5) is 33.6. The molecule has 1 rings (SSSR count). The number of carbonyl (C=O) groups excluding carboxylic acids is 2. The zero-order valence-electron chi connectivity index (χ0n) is 10.8. The highest BCUT2D eigenvalue weighted by molar-refractivity contribution is 5.89. The first-order valence-corrected chi connectivity index (χ1v) is 6.09. The first-order valence-electron chi connectivity index (χ1n) is 6.09. The van der Waals surface area contributed by atoms with E-state index in [1.165, 1.54) is 0 Å². The molecule has 0 aliphatic heterocycles. The molecule has 108 valence electrons. The number of aliphatic hydroxyl groups is 1. The Morgan fingerprint density at radius 3 is 2.16 bits per heavy atom. The van der Waals surface area contributed by atoms with Gasteiger partial charge in [-0.25, -0.2) is 4.79 Å². The van der Waals surface area contributed by atoms with Crippen molar-refractivity contribution in [3.05, 3.63) is 0 Å². The highest BCUT2D eigenvalue weighted by atomic mass is 16.5. The van der Waals surface area contributed by atoms with Gasteiger partial charge in [-0.2, -0.15) is 0 Å². The summed E-state index contributed by atoms with van der Waals surface area (Å²) in [5.41, 5.74) is -2.48. The van der Waals surface area contributed by atoms with Gasteiger partial charge in [0.1, 0.15) is 6.10 Å². The lowest BCUT2D eigenvalue weighted by atomic mass is 9.96. The van der Waals surface area contributed by atoms with Crippen molar-refractivity contribution in [1.29, 1.82) is 0 Å². The molecule has 1 aliphatic rings. The lowest BCUT2D eigenvalue weighted by Gasteiger charge is -2.22. The van der Waals surface area contributed by atoms with Gasteiger partial charge in [0, 0.05) is 0 Å². The van der Waals surface area contributed by atoms with E-state index in [-0.39, 0.29) is 6.10 Å². The predicted molar refractivity (Wildman–Crippen MR) is 62.2 cm³/mol. The maximum Gasteiger partial charge on any atom is 0.336 e. The molecular formula is C12H18O7. The van der Waals surface area contributed by atoms with E-state index in [0.717, 1.165) is 32.8 Å². The minimum Gasteiger partial charge on any atom is -0.479 e. The van der Waals surface area contributed by atoms with Crippen LogP contribution in [-0.2, 0) is 23.9 Å².